The van der Waals surface area contributed by atoms with Gasteiger partial charge in [-0.1, -0.05) is 72.8 Å². The first-order chi connectivity index (χ1) is 18.0. The van der Waals surface area contributed by atoms with E-state index >= 15 is 0 Å². The second kappa shape index (κ2) is 11.9. The molecule has 4 rings (SSSR count). The third kappa shape index (κ3) is 6.32. The average Bonchev–Trinajstić information content (AvgIpc) is 3.16. The third-order valence-corrected chi connectivity index (χ3v) is 5.98. The van der Waals surface area contributed by atoms with E-state index in [1.165, 1.54) is 7.11 Å². The molecule has 1 heterocycles. The topological polar surface area (TPSA) is 84.9 Å². The van der Waals surface area contributed by atoms with E-state index in [1.54, 1.807) is 42.2 Å². The van der Waals surface area contributed by atoms with Crippen LogP contribution in [0.2, 0.25) is 0 Å². The number of ether oxygens (including phenoxy) is 2. The molecule has 1 aliphatic rings. The number of nitrogens with zero attached hydrogens (tertiary/aromatic N) is 1. The van der Waals surface area contributed by atoms with E-state index in [2.05, 4.69) is 5.32 Å². The standard InChI is InChI=1S/C30H28N2O5/c1-21-28(30(35)36-2)26(29(34)32(21)19-24-11-7-4-8-12-24)17-22-13-15-25(16-14-22)37-20-27(33)31-18-23-9-5-3-6-10-23/h3-17H,18-20H2,1-2H3,(H,31,33)/b26-17-. The minimum atomic E-state index is -0.561. The number of amides is 2. The summed E-state index contributed by atoms with van der Waals surface area (Å²) >= 11 is 0. The average molecular weight is 497 g/mol. The van der Waals surface area contributed by atoms with E-state index in [9.17, 15) is 14.4 Å². The third-order valence-electron chi connectivity index (χ3n) is 5.98. The SMILES string of the molecule is COC(=O)C1=C(C)N(Cc2ccccc2)C(=O)/C1=C\c1ccc(OCC(=O)NCc2ccccc2)cc1. The summed E-state index contributed by atoms with van der Waals surface area (Å²) < 4.78 is 10.6. The zero-order valence-corrected chi connectivity index (χ0v) is 20.8. The summed E-state index contributed by atoms with van der Waals surface area (Å²) in [7, 11) is 1.30. The van der Waals surface area contributed by atoms with Crippen molar-refractivity contribution in [3.05, 3.63) is 118 Å². The lowest BCUT2D eigenvalue weighted by atomic mass is 10.0. The van der Waals surface area contributed by atoms with Gasteiger partial charge in [-0.15, -0.1) is 0 Å². The van der Waals surface area contributed by atoms with E-state index in [0.717, 1.165) is 11.1 Å². The Labute approximate surface area is 216 Å². The molecule has 0 spiro atoms. The van der Waals surface area contributed by atoms with Crippen LogP contribution in [0.3, 0.4) is 0 Å². The smallest absolute Gasteiger partial charge is 0.340 e. The largest absolute Gasteiger partial charge is 0.484 e. The Hall–Kier alpha value is -4.65. The van der Waals surface area contributed by atoms with Gasteiger partial charge in [0.25, 0.3) is 11.8 Å². The minimum absolute atomic E-state index is 0.116. The second-order valence-electron chi connectivity index (χ2n) is 8.51. The van der Waals surface area contributed by atoms with E-state index < -0.39 is 5.97 Å². The minimum Gasteiger partial charge on any atom is -0.484 e. The summed E-state index contributed by atoms with van der Waals surface area (Å²) in [5.74, 6) is -0.542. The van der Waals surface area contributed by atoms with Crippen LogP contribution in [0.25, 0.3) is 6.08 Å². The zero-order valence-electron chi connectivity index (χ0n) is 20.8. The lowest BCUT2D eigenvalue weighted by Crippen LogP contribution is -2.28. The molecule has 7 heteroatoms. The maximum absolute atomic E-state index is 13.3. The number of hydrogen-bond acceptors (Lipinski definition) is 5. The fourth-order valence-corrected chi connectivity index (χ4v) is 4.01. The molecule has 0 bridgehead atoms. The Balaban J connectivity index is 1.43. The van der Waals surface area contributed by atoms with Gasteiger partial charge in [0.15, 0.2) is 6.61 Å². The zero-order chi connectivity index (χ0) is 26.2. The van der Waals surface area contributed by atoms with Crippen molar-refractivity contribution in [1.82, 2.24) is 10.2 Å². The van der Waals surface area contributed by atoms with Crippen LogP contribution in [0.5, 0.6) is 5.75 Å². The molecule has 0 radical (unpaired) electrons. The first kappa shape index (κ1) is 25.4. The summed E-state index contributed by atoms with van der Waals surface area (Å²) in [5, 5.41) is 2.82. The number of carbonyl (C=O) groups is 3. The molecule has 37 heavy (non-hydrogen) atoms. The molecule has 2 amide bonds. The van der Waals surface area contributed by atoms with Crippen molar-refractivity contribution in [3.8, 4) is 5.75 Å². The number of rotatable bonds is 9. The molecular formula is C30H28N2O5. The van der Waals surface area contributed by atoms with Crippen molar-refractivity contribution in [2.24, 2.45) is 0 Å². The van der Waals surface area contributed by atoms with E-state index in [4.69, 9.17) is 9.47 Å². The fraction of sp³-hybridized carbons (Fsp3) is 0.167. The van der Waals surface area contributed by atoms with Gasteiger partial charge in [0, 0.05) is 12.2 Å². The number of hydrogen-bond donors (Lipinski definition) is 1. The van der Waals surface area contributed by atoms with Crippen molar-refractivity contribution >= 4 is 23.9 Å². The highest BCUT2D eigenvalue weighted by molar-refractivity contribution is 6.16. The predicted molar refractivity (Wildman–Crippen MR) is 140 cm³/mol. The molecule has 0 saturated carbocycles. The number of nitrogens with one attached hydrogen (secondary N) is 1. The Bertz CT molecular complexity index is 1330. The first-order valence-electron chi connectivity index (χ1n) is 11.9. The van der Waals surface area contributed by atoms with Crippen molar-refractivity contribution in [1.29, 1.82) is 0 Å². The number of carbonyl (C=O) groups excluding carboxylic acids is 3. The molecule has 0 atom stereocenters. The van der Waals surface area contributed by atoms with Crippen molar-refractivity contribution in [2.45, 2.75) is 20.0 Å². The molecule has 0 aromatic heterocycles. The van der Waals surface area contributed by atoms with E-state index in [-0.39, 0.29) is 29.6 Å². The number of allylic oxidation sites excluding steroid dienone is 1. The summed E-state index contributed by atoms with van der Waals surface area (Å²) in [6.07, 6.45) is 1.67. The lowest BCUT2D eigenvalue weighted by Gasteiger charge is -2.17. The van der Waals surface area contributed by atoms with E-state index in [0.29, 0.717) is 30.1 Å². The number of esters is 1. The van der Waals surface area contributed by atoms with Crippen LogP contribution >= 0.6 is 0 Å². The summed E-state index contributed by atoms with van der Waals surface area (Å²) in [6.45, 7) is 2.41. The lowest BCUT2D eigenvalue weighted by molar-refractivity contribution is -0.136. The Kier molecular flexibility index (Phi) is 8.15. The van der Waals surface area contributed by atoms with Gasteiger partial charge in [0.05, 0.1) is 24.8 Å². The summed E-state index contributed by atoms with van der Waals surface area (Å²) in [4.78, 5) is 39.6. The molecule has 0 unspecified atom stereocenters. The fourth-order valence-electron chi connectivity index (χ4n) is 4.01. The summed E-state index contributed by atoms with van der Waals surface area (Å²) in [5.41, 5.74) is 3.74. The molecule has 1 N–H and O–H groups in total. The molecule has 188 valence electrons. The molecule has 0 saturated heterocycles. The van der Waals surface area contributed by atoms with Gasteiger partial charge in [-0.05, 0) is 41.8 Å². The highest BCUT2D eigenvalue weighted by Crippen LogP contribution is 2.33. The Morgan fingerprint density at radius 2 is 1.51 bits per heavy atom. The molecule has 3 aromatic carbocycles. The summed E-state index contributed by atoms with van der Waals surface area (Å²) in [6, 6.07) is 26.2. The predicted octanol–water partition coefficient (Wildman–Crippen LogP) is 4.25. The highest BCUT2D eigenvalue weighted by atomic mass is 16.5. The monoisotopic (exact) mass is 496 g/mol. The van der Waals surface area contributed by atoms with Crippen LogP contribution in [0, 0.1) is 0 Å². The van der Waals surface area contributed by atoms with Crippen molar-refractivity contribution < 1.29 is 23.9 Å². The highest BCUT2D eigenvalue weighted by Gasteiger charge is 2.36. The van der Waals surface area contributed by atoms with Crippen LogP contribution < -0.4 is 10.1 Å². The quantitative estimate of drug-likeness (QED) is 0.354. The van der Waals surface area contributed by atoms with E-state index in [1.807, 2.05) is 60.7 Å². The maximum Gasteiger partial charge on any atom is 0.340 e. The van der Waals surface area contributed by atoms with Crippen LogP contribution in [-0.4, -0.2) is 36.4 Å². The second-order valence-corrected chi connectivity index (χ2v) is 8.51. The normalized spacial score (nSPS) is 14.2. The van der Waals surface area contributed by atoms with Gasteiger partial charge in [-0.2, -0.15) is 0 Å². The van der Waals surface area contributed by atoms with Gasteiger partial charge in [0.2, 0.25) is 0 Å². The molecule has 3 aromatic rings. The van der Waals surface area contributed by atoms with Gasteiger partial charge in [0.1, 0.15) is 5.75 Å². The molecule has 7 nitrogen and oxygen atoms in total. The molecule has 1 aliphatic heterocycles. The van der Waals surface area contributed by atoms with Gasteiger partial charge in [-0.25, -0.2) is 4.79 Å². The number of methoxy groups -OCH3 is 1. The van der Waals surface area contributed by atoms with Gasteiger partial charge < -0.3 is 19.7 Å². The van der Waals surface area contributed by atoms with Crippen molar-refractivity contribution in [3.63, 3.8) is 0 Å². The Morgan fingerprint density at radius 3 is 2.14 bits per heavy atom. The van der Waals surface area contributed by atoms with Crippen molar-refractivity contribution in [2.75, 3.05) is 13.7 Å². The number of benzene rings is 3. The van der Waals surface area contributed by atoms with Crippen LogP contribution in [0.15, 0.2) is 102 Å². The van der Waals surface area contributed by atoms with Crippen LogP contribution in [0.4, 0.5) is 0 Å². The van der Waals surface area contributed by atoms with Gasteiger partial charge >= 0.3 is 5.97 Å². The van der Waals surface area contributed by atoms with Gasteiger partial charge in [-0.3, -0.25) is 9.59 Å². The van der Waals surface area contributed by atoms with Crippen LogP contribution in [-0.2, 0) is 32.2 Å². The molecule has 0 fully saturated rings. The molecule has 0 aliphatic carbocycles. The maximum atomic E-state index is 13.3. The molecular weight excluding hydrogens is 468 g/mol. The van der Waals surface area contributed by atoms with Crippen LogP contribution in [0.1, 0.15) is 23.6 Å². The Morgan fingerprint density at radius 1 is 0.892 bits per heavy atom. The first-order valence-corrected chi connectivity index (χ1v) is 11.9.